The first-order valence-electron chi connectivity index (χ1n) is 13.9. The molecule has 3 N–H and O–H groups in total. The number of carbonyl (C=O) groups is 1. The van der Waals surface area contributed by atoms with E-state index in [0.29, 0.717) is 22.7 Å². The van der Waals surface area contributed by atoms with Gasteiger partial charge in [0.2, 0.25) is 0 Å². The molecule has 1 saturated heterocycles. The van der Waals surface area contributed by atoms with Crippen LogP contribution in [-0.4, -0.2) is 53.7 Å². The summed E-state index contributed by atoms with van der Waals surface area (Å²) in [5.74, 6) is 1.13. The molecule has 0 aliphatic carbocycles. The standard InChI is InChI=1S/C31H38N6O3/c1-6-20(3)37-18-19(2)30-24(31(39)34-17-25-21(4)35-29(40-5)15-27(25)38)13-23(14-26(30)37)22-7-8-28(33-16-22)36-11-9-32-10-12-36/h7-8,13-16,18,20,32H,6,9-12,17H2,1-5H3,(H,34,39)(H,35,38). The monoisotopic (exact) mass is 542 g/mol. The fourth-order valence-corrected chi connectivity index (χ4v) is 5.41. The number of piperazine rings is 1. The molecule has 5 rings (SSSR count). The van der Waals surface area contributed by atoms with E-state index in [1.807, 2.05) is 19.2 Å². The summed E-state index contributed by atoms with van der Waals surface area (Å²) in [5.41, 5.74) is 5.51. The highest BCUT2D eigenvalue weighted by Gasteiger charge is 2.20. The summed E-state index contributed by atoms with van der Waals surface area (Å²) in [6.07, 6.45) is 4.99. The molecule has 0 spiro atoms. The summed E-state index contributed by atoms with van der Waals surface area (Å²) in [4.78, 5) is 36.5. The van der Waals surface area contributed by atoms with Crippen molar-refractivity contribution < 1.29 is 9.53 Å². The van der Waals surface area contributed by atoms with Gasteiger partial charge in [0.25, 0.3) is 5.91 Å². The number of hydrogen-bond acceptors (Lipinski definition) is 6. The van der Waals surface area contributed by atoms with Gasteiger partial charge in [-0.2, -0.15) is 0 Å². The van der Waals surface area contributed by atoms with Gasteiger partial charge in [-0.25, -0.2) is 4.98 Å². The number of benzene rings is 1. The molecule has 1 amide bonds. The summed E-state index contributed by atoms with van der Waals surface area (Å²) < 4.78 is 7.41. The van der Waals surface area contributed by atoms with E-state index in [9.17, 15) is 9.59 Å². The minimum Gasteiger partial charge on any atom is -0.482 e. The number of H-pyrrole nitrogens is 1. The predicted molar refractivity (Wildman–Crippen MR) is 160 cm³/mol. The molecule has 0 radical (unpaired) electrons. The number of fused-ring (bicyclic) bond motifs is 1. The Bertz CT molecular complexity index is 1580. The maximum absolute atomic E-state index is 13.7. The van der Waals surface area contributed by atoms with Crippen molar-refractivity contribution in [3.8, 4) is 17.0 Å². The summed E-state index contributed by atoms with van der Waals surface area (Å²) in [6, 6.07) is 9.92. The third kappa shape index (κ3) is 5.34. The number of ether oxygens (including phenoxy) is 1. The van der Waals surface area contributed by atoms with Crippen LogP contribution in [0.5, 0.6) is 5.88 Å². The Morgan fingerprint density at radius 1 is 1.15 bits per heavy atom. The van der Waals surface area contributed by atoms with Crippen molar-refractivity contribution in [3.63, 3.8) is 0 Å². The number of nitrogens with one attached hydrogen (secondary N) is 3. The van der Waals surface area contributed by atoms with Crippen LogP contribution in [0.15, 0.2) is 47.5 Å². The van der Waals surface area contributed by atoms with Crippen molar-refractivity contribution >= 4 is 22.6 Å². The molecule has 0 saturated carbocycles. The van der Waals surface area contributed by atoms with E-state index in [0.717, 1.165) is 66.0 Å². The SMILES string of the molecule is CCC(C)n1cc(C)c2c(C(=O)NCc3c(C)[nH]c(OC)cc3=O)cc(-c3ccc(N4CCNCC4)nc3)cc21. The lowest BCUT2D eigenvalue weighted by molar-refractivity contribution is 0.0952. The highest BCUT2D eigenvalue weighted by Crippen LogP contribution is 2.34. The Hall–Kier alpha value is -4.11. The van der Waals surface area contributed by atoms with Gasteiger partial charge in [0, 0.05) is 90.5 Å². The van der Waals surface area contributed by atoms with Crippen molar-refractivity contribution in [1.82, 2.24) is 25.2 Å². The Labute approximate surface area is 234 Å². The Morgan fingerprint density at radius 3 is 2.58 bits per heavy atom. The fraction of sp³-hybridized carbons (Fsp3) is 0.387. The number of rotatable bonds is 8. The largest absolute Gasteiger partial charge is 0.482 e. The number of methoxy groups -OCH3 is 1. The van der Waals surface area contributed by atoms with Gasteiger partial charge >= 0.3 is 0 Å². The molecule has 4 heterocycles. The Kier molecular flexibility index (Phi) is 7.93. The van der Waals surface area contributed by atoms with Crippen LogP contribution in [0.3, 0.4) is 0 Å². The third-order valence-electron chi connectivity index (χ3n) is 7.92. The quantitative estimate of drug-likeness (QED) is 0.306. The lowest BCUT2D eigenvalue weighted by Gasteiger charge is -2.28. The first-order chi connectivity index (χ1) is 19.3. The zero-order chi connectivity index (χ0) is 28.4. The number of amides is 1. The number of aromatic nitrogens is 3. The minimum atomic E-state index is -0.225. The minimum absolute atomic E-state index is 0.113. The maximum Gasteiger partial charge on any atom is 0.252 e. The van der Waals surface area contributed by atoms with E-state index < -0.39 is 0 Å². The van der Waals surface area contributed by atoms with Crippen molar-refractivity contribution in [2.24, 2.45) is 0 Å². The smallest absolute Gasteiger partial charge is 0.252 e. The molecule has 1 unspecified atom stereocenters. The molecule has 210 valence electrons. The lowest BCUT2D eigenvalue weighted by atomic mass is 9.98. The number of pyridine rings is 2. The topological polar surface area (TPSA) is 104 Å². The molecule has 3 aromatic heterocycles. The van der Waals surface area contributed by atoms with E-state index in [1.165, 1.54) is 13.2 Å². The number of nitrogens with zero attached hydrogens (tertiary/aromatic N) is 3. The fourth-order valence-electron chi connectivity index (χ4n) is 5.41. The summed E-state index contributed by atoms with van der Waals surface area (Å²) in [7, 11) is 1.51. The normalized spacial score (nSPS) is 14.4. The number of aryl methyl sites for hydroxylation is 2. The van der Waals surface area contributed by atoms with E-state index >= 15 is 0 Å². The van der Waals surface area contributed by atoms with E-state index in [1.54, 1.807) is 6.92 Å². The van der Waals surface area contributed by atoms with E-state index in [-0.39, 0.29) is 23.9 Å². The number of carbonyl (C=O) groups excluding carboxylic acids is 1. The molecule has 1 aliphatic rings. The van der Waals surface area contributed by atoms with Gasteiger partial charge in [-0.15, -0.1) is 0 Å². The predicted octanol–water partition coefficient (Wildman–Crippen LogP) is 4.33. The van der Waals surface area contributed by atoms with Gasteiger partial charge in [0.15, 0.2) is 11.3 Å². The molecular weight excluding hydrogens is 504 g/mol. The van der Waals surface area contributed by atoms with Gasteiger partial charge in [0.1, 0.15) is 5.82 Å². The first kappa shape index (κ1) is 27.5. The second kappa shape index (κ2) is 11.6. The molecular formula is C31H38N6O3. The van der Waals surface area contributed by atoms with Crippen LogP contribution in [0.1, 0.15) is 53.5 Å². The van der Waals surface area contributed by atoms with E-state index in [4.69, 9.17) is 9.72 Å². The molecule has 9 heteroatoms. The van der Waals surface area contributed by atoms with Crippen LogP contribution in [0.4, 0.5) is 5.82 Å². The summed E-state index contributed by atoms with van der Waals surface area (Å²) in [6.45, 7) is 12.1. The Morgan fingerprint density at radius 2 is 1.93 bits per heavy atom. The summed E-state index contributed by atoms with van der Waals surface area (Å²) in [5, 5.41) is 7.30. The van der Waals surface area contributed by atoms with Crippen molar-refractivity contribution in [1.29, 1.82) is 0 Å². The van der Waals surface area contributed by atoms with Crippen molar-refractivity contribution in [3.05, 3.63) is 75.3 Å². The highest BCUT2D eigenvalue weighted by molar-refractivity contribution is 6.09. The van der Waals surface area contributed by atoms with Crippen molar-refractivity contribution in [2.45, 2.75) is 46.7 Å². The highest BCUT2D eigenvalue weighted by atomic mass is 16.5. The molecule has 4 aromatic rings. The van der Waals surface area contributed by atoms with Gasteiger partial charge in [-0.05, 0) is 62.6 Å². The molecule has 1 atom stereocenters. The average Bonchev–Trinajstić information content (AvgIpc) is 3.32. The van der Waals surface area contributed by atoms with Crippen LogP contribution < -0.4 is 25.7 Å². The second-order valence-corrected chi connectivity index (χ2v) is 10.5. The van der Waals surface area contributed by atoms with Gasteiger partial charge in [-0.3, -0.25) is 9.59 Å². The second-order valence-electron chi connectivity index (χ2n) is 10.5. The average molecular weight is 543 g/mol. The number of aromatic amines is 1. The van der Waals surface area contributed by atoms with Crippen LogP contribution in [-0.2, 0) is 6.54 Å². The zero-order valence-electron chi connectivity index (χ0n) is 23.9. The molecule has 0 bridgehead atoms. The van der Waals surface area contributed by atoms with Crippen molar-refractivity contribution in [2.75, 3.05) is 38.2 Å². The van der Waals surface area contributed by atoms with Gasteiger partial charge in [-0.1, -0.05) is 6.92 Å². The molecule has 1 aliphatic heterocycles. The molecule has 40 heavy (non-hydrogen) atoms. The van der Waals surface area contributed by atoms with Crippen LogP contribution in [0.2, 0.25) is 0 Å². The summed E-state index contributed by atoms with van der Waals surface area (Å²) >= 11 is 0. The van der Waals surface area contributed by atoms with Crippen LogP contribution in [0, 0.1) is 13.8 Å². The first-order valence-corrected chi connectivity index (χ1v) is 13.9. The van der Waals surface area contributed by atoms with Gasteiger partial charge < -0.3 is 29.8 Å². The zero-order valence-corrected chi connectivity index (χ0v) is 23.9. The maximum atomic E-state index is 13.7. The number of hydrogen-bond donors (Lipinski definition) is 3. The van der Waals surface area contributed by atoms with Gasteiger partial charge in [0.05, 0.1) is 7.11 Å². The molecule has 1 aromatic carbocycles. The molecule has 9 nitrogen and oxygen atoms in total. The Balaban J connectivity index is 1.53. The van der Waals surface area contributed by atoms with E-state index in [2.05, 4.69) is 63.3 Å². The molecule has 1 fully saturated rings. The lowest BCUT2D eigenvalue weighted by Crippen LogP contribution is -2.43. The number of anilines is 1. The third-order valence-corrected chi connectivity index (χ3v) is 7.92. The van der Waals surface area contributed by atoms with Crippen LogP contribution >= 0.6 is 0 Å². The van der Waals surface area contributed by atoms with Crippen LogP contribution in [0.25, 0.3) is 22.0 Å².